The Bertz CT molecular complexity index is 750. The van der Waals surface area contributed by atoms with E-state index in [-0.39, 0.29) is 5.78 Å². The highest BCUT2D eigenvalue weighted by molar-refractivity contribution is 5.95. The van der Waals surface area contributed by atoms with E-state index in [2.05, 4.69) is 11.8 Å². The first-order valence-corrected chi connectivity index (χ1v) is 6.34. The molecule has 0 saturated carbocycles. The van der Waals surface area contributed by atoms with E-state index in [1.54, 1.807) is 6.07 Å². The molecule has 0 unspecified atom stereocenters. The summed E-state index contributed by atoms with van der Waals surface area (Å²) in [6.07, 6.45) is 3.23. The standard InChI is InChI=1S/C16H11F2NO/c17-13-6-5-11(8-14(13)18)3-4-12-9-15-16(20)2-1-7-19(15)10-12/h5-6,8-10H,1-2,7H2. The Morgan fingerprint density at radius 1 is 1.05 bits per heavy atom. The Hall–Kier alpha value is -2.41. The molecule has 4 heteroatoms. The van der Waals surface area contributed by atoms with Crippen LogP contribution in [0.2, 0.25) is 0 Å². The van der Waals surface area contributed by atoms with Crippen molar-refractivity contribution in [3.63, 3.8) is 0 Å². The fourth-order valence-corrected chi connectivity index (χ4v) is 2.26. The fraction of sp³-hybridized carbons (Fsp3) is 0.188. The van der Waals surface area contributed by atoms with Crippen LogP contribution in [0.3, 0.4) is 0 Å². The molecule has 1 aliphatic rings. The van der Waals surface area contributed by atoms with Gasteiger partial charge in [-0.25, -0.2) is 8.78 Å². The lowest BCUT2D eigenvalue weighted by Crippen LogP contribution is -2.14. The molecule has 0 saturated heterocycles. The predicted octanol–water partition coefficient (Wildman–Crippen LogP) is 3.14. The molecule has 0 bridgehead atoms. The summed E-state index contributed by atoms with van der Waals surface area (Å²) in [5, 5.41) is 0. The van der Waals surface area contributed by atoms with Crippen LogP contribution in [0.4, 0.5) is 8.78 Å². The molecular formula is C16H11F2NO. The zero-order valence-electron chi connectivity index (χ0n) is 10.6. The van der Waals surface area contributed by atoms with Gasteiger partial charge in [0.15, 0.2) is 17.4 Å². The Labute approximate surface area is 115 Å². The number of rotatable bonds is 0. The van der Waals surface area contributed by atoms with E-state index in [0.717, 1.165) is 25.1 Å². The van der Waals surface area contributed by atoms with Gasteiger partial charge in [0.1, 0.15) is 0 Å². The van der Waals surface area contributed by atoms with E-state index in [9.17, 15) is 13.6 Å². The second kappa shape index (κ2) is 4.93. The summed E-state index contributed by atoms with van der Waals surface area (Å²) < 4.78 is 27.7. The van der Waals surface area contributed by atoms with Crippen LogP contribution in [0.1, 0.15) is 34.5 Å². The van der Waals surface area contributed by atoms with Crippen LogP contribution >= 0.6 is 0 Å². The zero-order chi connectivity index (χ0) is 14.1. The van der Waals surface area contributed by atoms with Gasteiger partial charge in [0.2, 0.25) is 0 Å². The van der Waals surface area contributed by atoms with Gasteiger partial charge in [-0.1, -0.05) is 11.8 Å². The molecule has 2 nitrogen and oxygen atoms in total. The molecule has 0 radical (unpaired) electrons. The lowest BCUT2D eigenvalue weighted by atomic mass is 10.1. The van der Waals surface area contributed by atoms with Crippen molar-refractivity contribution in [2.24, 2.45) is 0 Å². The first-order valence-electron chi connectivity index (χ1n) is 6.34. The number of aromatic nitrogens is 1. The third-order valence-corrected chi connectivity index (χ3v) is 3.26. The van der Waals surface area contributed by atoms with Crippen LogP contribution in [0.5, 0.6) is 0 Å². The monoisotopic (exact) mass is 271 g/mol. The van der Waals surface area contributed by atoms with Crippen LogP contribution in [-0.4, -0.2) is 10.4 Å². The van der Waals surface area contributed by atoms with Crippen molar-refractivity contribution in [2.75, 3.05) is 0 Å². The molecule has 0 fully saturated rings. The van der Waals surface area contributed by atoms with Crippen molar-refractivity contribution in [1.82, 2.24) is 4.57 Å². The summed E-state index contributed by atoms with van der Waals surface area (Å²) in [5.74, 6) is 3.97. The smallest absolute Gasteiger partial charge is 0.179 e. The molecular weight excluding hydrogens is 260 g/mol. The third-order valence-electron chi connectivity index (χ3n) is 3.26. The first kappa shape index (κ1) is 12.6. The maximum atomic E-state index is 13.1. The fourth-order valence-electron chi connectivity index (χ4n) is 2.26. The molecule has 2 aromatic rings. The molecule has 2 heterocycles. The second-order valence-corrected chi connectivity index (χ2v) is 4.71. The highest BCUT2D eigenvalue weighted by atomic mass is 19.2. The SMILES string of the molecule is O=C1CCCn2cc(C#Cc3ccc(F)c(F)c3)cc21. The molecule has 1 aliphatic heterocycles. The van der Waals surface area contributed by atoms with Gasteiger partial charge >= 0.3 is 0 Å². The van der Waals surface area contributed by atoms with Crippen molar-refractivity contribution in [3.05, 3.63) is 58.9 Å². The van der Waals surface area contributed by atoms with E-state index < -0.39 is 11.6 Å². The highest BCUT2D eigenvalue weighted by Gasteiger charge is 2.17. The number of ketones is 1. The number of aryl methyl sites for hydroxylation is 1. The van der Waals surface area contributed by atoms with Gasteiger partial charge in [-0.2, -0.15) is 0 Å². The summed E-state index contributed by atoms with van der Waals surface area (Å²) in [4.78, 5) is 11.7. The van der Waals surface area contributed by atoms with Crippen molar-refractivity contribution in [1.29, 1.82) is 0 Å². The van der Waals surface area contributed by atoms with Crippen LogP contribution in [0, 0.1) is 23.5 Å². The lowest BCUT2D eigenvalue weighted by molar-refractivity contribution is 0.0955. The van der Waals surface area contributed by atoms with Gasteiger partial charge in [-0.15, -0.1) is 0 Å². The normalized spacial score (nSPS) is 13.6. The summed E-state index contributed by atoms with van der Waals surface area (Å²) >= 11 is 0. The second-order valence-electron chi connectivity index (χ2n) is 4.71. The quantitative estimate of drug-likeness (QED) is 0.675. The minimum Gasteiger partial charge on any atom is -0.344 e. The molecule has 0 spiro atoms. The van der Waals surface area contributed by atoms with E-state index in [1.165, 1.54) is 6.07 Å². The lowest BCUT2D eigenvalue weighted by Gasteiger charge is -2.12. The van der Waals surface area contributed by atoms with Crippen molar-refractivity contribution in [3.8, 4) is 11.8 Å². The van der Waals surface area contributed by atoms with Crippen LogP contribution in [-0.2, 0) is 6.54 Å². The summed E-state index contributed by atoms with van der Waals surface area (Å²) in [6.45, 7) is 0.813. The topological polar surface area (TPSA) is 22.0 Å². The predicted molar refractivity (Wildman–Crippen MR) is 70.3 cm³/mol. The van der Waals surface area contributed by atoms with Gasteiger partial charge in [0.05, 0.1) is 5.69 Å². The Morgan fingerprint density at radius 3 is 2.60 bits per heavy atom. The van der Waals surface area contributed by atoms with Crippen LogP contribution in [0.15, 0.2) is 30.5 Å². The molecule has 3 rings (SSSR count). The molecule has 0 amide bonds. The molecule has 1 aromatic heterocycles. The minimum atomic E-state index is -0.914. The largest absolute Gasteiger partial charge is 0.344 e. The maximum Gasteiger partial charge on any atom is 0.179 e. The van der Waals surface area contributed by atoms with Crippen molar-refractivity contribution >= 4 is 5.78 Å². The van der Waals surface area contributed by atoms with Gasteiger partial charge in [-0.3, -0.25) is 4.79 Å². The van der Waals surface area contributed by atoms with Gasteiger partial charge in [0, 0.05) is 30.3 Å². The Morgan fingerprint density at radius 2 is 1.85 bits per heavy atom. The number of nitrogens with zero attached hydrogens (tertiary/aromatic N) is 1. The summed E-state index contributed by atoms with van der Waals surface area (Å²) in [7, 11) is 0. The van der Waals surface area contributed by atoms with Gasteiger partial charge in [-0.05, 0) is 30.7 Å². The summed E-state index contributed by atoms with van der Waals surface area (Å²) in [5.41, 5.74) is 1.78. The number of fused-ring (bicyclic) bond motifs is 1. The Balaban J connectivity index is 1.90. The maximum absolute atomic E-state index is 13.1. The summed E-state index contributed by atoms with van der Waals surface area (Å²) in [6, 6.07) is 5.28. The van der Waals surface area contributed by atoms with Crippen LogP contribution in [0.25, 0.3) is 0 Å². The molecule has 100 valence electrons. The van der Waals surface area contributed by atoms with Crippen molar-refractivity contribution < 1.29 is 13.6 Å². The molecule has 0 atom stereocenters. The van der Waals surface area contributed by atoms with E-state index in [0.29, 0.717) is 23.2 Å². The van der Waals surface area contributed by atoms with E-state index in [4.69, 9.17) is 0 Å². The average molecular weight is 271 g/mol. The number of benzene rings is 1. The number of hydrogen-bond donors (Lipinski definition) is 0. The van der Waals surface area contributed by atoms with Gasteiger partial charge < -0.3 is 4.57 Å². The molecule has 1 aromatic carbocycles. The molecule has 0 aliphatic carbocycles. The number of halogens is 2. The number of carbonyl (C=O) groups is 1. The van der Waals surface area contributed by atoms with E-state index >= 15 is 0 Å². The third kappa shape index (κ3) is 2.35. The van der Waals surface area contributed by atoms with Crippen molar-refractivity contribution in [2.45, 2.75) is 19.4 Å². The number of hydrogen-bond acceptors (Lipinski definition) is 1. The zero-order valence-corrected chi connectivity index (χ0v) is 10.6. The minimum absolute atomic E-state index is 0.122. The number of carbonyl (C=O) groups excluding carboxylic acids is 1. The Kier molecular flexibility index (Phi) is 3.11. The van der Waals surface area contributed by atoms with Gasteiger partial charge in [0.25, 0.3) is 0 Å². The first-order chi connectivity index (χ1) is 9.63. The van der Waals surface area contributed by atoms with E-state index in [1.807, 2.05) is 10.8 Å². The van der Waals surface area contributed by atoms with Crippen LogP contribution < -0.4 is 0 Å². The average Bonchev–Trinajstić information content (AvgIpc) is 2.85. The number of Topliss-reactive ketones (excluding diaryl/α,β-unsaturated/α-hetero) is 1. The molecule has 0 N–H and O–H groups in total. The molecule has 20 heavy (non-hydrogen) atoms. The highest BCUT2D eigenvalue weighted by Crippen LogP contribution is 2.17.